The second-order valence-electron chi connectivity index (χ2n) is 8.50. The van der Waals surface area contributed by atoms with Crippen molar-refractivity contribution in [2.24, 2.45) is 10.9 Å². The van der Waals surface area contributed by atoms with Gasteiger partial charge in [-0.25, -0.2) is 0 Å². The van der Waals surface area contributed by atoms with E-state index < -0.39 is 17.8 Å². The third-order valence-electron chi connectivity index (χ3n) is 6.70. The van der Waals surface area contributed by atoms with Crippen molar-refractivity contribution in [2.75, 3.05) is 28.4 Å². The van der Waals surface area contributed by atoms with Crippen molar-refractivity contribution < 1.29 is 28.5 Å². The van der Waals surface area contributed by atoms with Crippen LogP contribution >= 0.6 is 0 Å². The Kier molecular flexibility index (Phi) is 6.72. The maximum Gasteiger partial charge on any atom is 0.315 e. The highest BCUT2D eigenvalue weighted by atomic mass is 16.5. The number of ether oxygens (including phenoxy) is 4. The number of ketones is 1. The van der Waals surface area contributed by atoms with Crippen molar-refractivity contribution in [3.63, 3.8) is 0 Å². The maximum atomic E-state index is 13.7. The Balaban J connectivity index is 1.84. The van der Waals surface area contributed by atoms with E-state index in [0.29, 0.717) is 46.9 Å². The number of nitrogens with zero attached hydrogens (tertiary/aromatic N) is 1. The van der Waals surface area contributed by atoms with Gasteiger partial charge in [0.1, 0.15) is 23.2 Å². The highest BCUT2D eigenvalue weighted by Gasteiger charge is 2.45. The molecule has 0 saturated carbocycles. The molecule has 2 aromatic carbocycles. The number of esters is 1. The van der Waals surface area contributed by atoms with Crippen LogP contribution in [0.3, 0.4) is 0 Å². The molecule has 178 valence electrons. The minimum Gasteiger partial charge on any atom is -0.497 e. The molecule has 34 heavy (non-hydrogen) atoms. The van der Waals surface area contributed by atoms with Gasteiger partial charge in [0.05, 0.1) is 28.4 Å². The van der Waals surface area contributed by atoms with Gasteiger partial charge in [0.15, 0.2) is 5.78 Å². The summed E-state index contributed by atoms with van der Waals surface area (Å²) in [5, 5.41) is 0. The molecule has 0 amide bonds. The number of hydrogen-bond donors (Lipinski definition) is 0. The number of methoxy groups -OCH3 is 4. The van der Waals surface area contributed by atoms with Crippen molar-refractivity contribution in [3.8, 4) is 17.2 Å². The second-order valence-corrected chi connectivity index (χ2v) is 8.50. The molecule has 4 rings (SSSR count). The van der Waals surface area contributed by atoms with Gasteiger partial charge in [-0.2, -0.15) is 0 Å². The maximum absolute atomic E-state index is 13.7. The minimum absolute atomic E-state index is 0.00348. The number of hydrogen-bond acceptors (Lipinski definition) is 7. The third-order valence-corrected chi connectivity index (χ3v) is 6.70. The Morgan fingerprint density at radius 3 is 2.21 bits per heavy atom. The zero-order chi connectivity index (χ0) is 24.4. The van der Waals surface area contributed by atoms with E-state index >= 15 is 0 Å². The van der Waals surface area contributed by atoms with Crippen LogP contribution in [0, 0.1) is 5.92 Å². The molecular formula is C27H29NO6. The molecule has 3 unspecified atom stereocenters. The molecule has 1 aliphatic carbocycles. The molecule has 0 fully saturated rings. The summed E-state index contributed by atoms with van der Waals surface area (Å²) in [7, 11) is 6.12. The molecule has 7 nitrogen and oxygen atoms in total. The fourth-order valence-corrected chi connectivity index (χ4v) is 5.02. The van der Waals surface area contributed by atoms with Crippen molar-refractivity contribution >= 4 is 17.5 Å². The average molecular weight is 464 g/mol. The lowest BCUT2D eigenvalue weighted by molar-refractivity contribution is -0.143. The molecule has 0 N–H and O–H groups in total. The number of carbonyl (C=O) groups is 2. The number of aliphatic imine (C=N–C) groups is 1. The van der Waals surface area contributed by atoms with Crippen LogP contribution in [0.5, 0.6) is 17.2 Å². The van der Waals surface area contributed by atoms with Crippen LogP contribution in [0.2, 0.25) is 0 Å². The lowest BCUT2D eigenvalue weighted by atomic mass is 9.69. The predicted octanol–water partition coefficient (Wildman–Crippen LogP) is 4.46. The number of Topliss-reactive ketones (excluding diaryl/α,β-unsaturated/α-hetero) is 1. The summed E-state index contributed by atoms with van der Waals surface area (Å²) in [6.07, 6.45) is 0.928. The number of carbonyl (C=O) groups excluding carboxylic acids is 2. The smallest absolute Gasteiger partial charge is 0.315 e. The van der Waals surface area contributed by atoms with Crippen molar-refractivity contribution in [1.82, 2.24) is 0 Å². The SMILES string of the molecule is COC(=O)C1C(C)=NC2=C(C(=O)CC(c3ccc(OC)cc3)C2)C1c1cc(OC)ccc1OC. The van der Waals surface area contributed by atoms with Crippen LogP contribution in [-0.4, -0.2) is 45.9 Å². The van der Waals surface area contributed by atoms with Crippen molar-refractivity contribution in [3.05, 3.63) is 64.9 Å². The summed E-state index contributed by atoms with van der Waals surface area (Å²) in [5.74, 6) is 0.183. The minimum atomic E-state index is -0.730. The lowest BCUT2D eigenvalue weighted by Gasteiger charge is -2.36. The summed E-state index contributed by atoms with van der Waals surface area (Å²) >= 11 is 0. The monoisotopic (exact) mass is 463 g/mol. The molecule has 0 spiro atoms. The first kappa shape index (κ1) is 23.5. The Labute approximate surface area is 199 Å². The van der Waals surface area contributed by atoms with E-state index in [1.807, 2.05) is 37.3 Å². The number of allylic oxidation sites excluding steroid dienone is 2. The Morgan fingerprint density at radius 1 is 0.912 bits per heavy atom. The second kappa shape index (κ2) is 9.71. The van der Waals surface area contributed by atoms with Gasteiger partial charge in [0.2, 0.25) is 0 Å². The Bertz CT molecular complexity index is 1160. The van der Waals surface area contributed by atoms with Gasteiger partial charge in [-0.15, -0.1) is 0 Å². The molecule has 0 saturated heterocycles. The Morgan fingerprint density at radius 2 is 1.59 bits per heavy atom. The molecular weight excluding hydrogens is 434 g/mol. The first-order valence-corrected chi connectivity index (χ1v) is 11.2. The highest BCUT2D eigenvalue weighted by Crippen LogP contribution is 2.49. The lowest BCUT2D eigenvalue weighted by Crippen LogP contribution is -2.38. The van der Waals surface area contributed by atoms with Gasteiger partial charge in [-0.05, 0) is 55.2 Å². The Hall–Kier alpha value is -3.61. The van der Waals surface area contributed by atoms with E-state index in [1.54, 1.807) is 33.5 Å². The van der Waals surface area contributed by atoms with Crippen LogP contribution in [0.15, 0.2) is 58.7 Å². The summed E-state index contributed by atoms with van der Waals surface area (Å²) in [6.45, 7) is 1.81. The van der Waals surface area contributed by atoms with E-state index in [9.17, 15) is 9.59 Å². The zero-order valence-electron chi connectivity index (χ0n) is 20.1. The van der Waals surface area contributed by atoms with E-state index in [4.69, 9.17) is 23.9 Å². The third kappa shape index (κ3) is 4.18. The van der Waals surface area contributed by atoms with Gasteiger partial charge in [0.25, 0.3) is 0 Å². The fraction of sp³-hybridized carbons (Fsp3) is 0.370. The van der Waals surface area contributed by atoms with Crippen LogP contribution in [0.1, 0.15) is 42.7 Å². The number of benzene rings is 2. The van der Waals surface area contributed by atoms with E-state index in [-0.39, 0.29) is 11.7 Å². The van der Waals surface area contributed by atoms with Gasteiger partial charge in [-0.3, -0.25) is 14.6 Å². The quantitative estimate of drug-likeness (QED) is 0.588. The van der Waals surface area contributed by atoms with E-state index in [0.717, 1.165) is 11.3 Å². The van der Waals surface area contributed by atoms with Gasteiger partial charge in [0, 0.05) is 34.9 Å². The molecule has 0 bridgehead atoms. The van der Waals surface area contributed by atoms with Crippen LogP contribution < -0.4 is 14.2 Å². The number of rotatable bonds is 6. The van der Waals surface area contributed by atoms with Crippen LogP contribution in [-0.2, 0) is 14.3 Å². The molecule has 1 heterocycles. The topological polar surface area (TPSA) is 83.4 Å². The summed E-state index contributed by atoms with van der Waals surface area (Å²) in [4.78, 5) is 31.3. The van der Waals surface area contributed by atoms with Gasteiger partial charge in [-0.1, -0.05) is 12.1 Å². The van der Waals surface area contributed by atoms with Crippen molar-refractivity contribution in [1.29, 1.82) is 0 Å². The summed E-state index contributed by atoms with van der Waals surface area (Å²) in [6, 6.07) is 13.2. The van der Waals surface area contributed by atoms with Crippen LogP contribution in [0.4, 0.5) is 0 Å². The molecule has 2 aliphatic rings. The predicted molar refractivity (Wildman–Crippen MR) is 128 cm³/mol. The molecule has 1 aliphatic heterocycles. The highest BCUT2D eigenvalue weighted by molar-refractivity contribution is 6.09. The summed E-state index contributed by atoms with van der Waals surface area (Å²) in [5.41, 5.74) is 3.64. The molecule has 3 atom stereocenters. The first-order valence-electron chi connectivity index (χ1n) is 11.2. The van der Waals surface area contributed by atoms with E-state index in [1.165, 1.54) is 7.11 Å². The average Bonchev–Trinajstić information content (AvgIpc) is 2.86. The van der Waals surface area contributed by atoms with Gasteiger partial charge >= 0.3 is 5.97 Å². The molecule has 7 heteroatoms. The largest absolute Gasteiger partial charge is 0.497 e. The van der Waals surface area contributed by atoms with E-state index in [2.05, 4.69) is 0 Å². The van der Waals surface area contributed by atoms with Crippen molar-refractivity contribution in [2.45, 2.75) is 31.6 Å². The fourth-order valence-electron chi connectivity index (χ4n) is 5.02. The first-order chi connectivity index (χ1) is 16.4. The zero-order valence-corrected chi connectivity index (χ0v) is 20.1. The van der Waals surface area contributed by atoms with Gasteiger partial charge < -0.3 is 18.9 Å². The normalized spacial score (nSPS) is 22.0. The molecule has 0 radical (unpaired) electrons. The van der Waals surface area contributed by atoms with Crippen LogP contribution in [0.25, 0.3) is 0 Å². The summed E-state index contributed by atoms with van der Waals surface area (Å²) < 4.78 is 21.5. The standard InChI is InChI=1S/C27H29NO6/c1-15-24(27(30)34-5)25(20-14-19(32-3)10-11-23(20)33-4)26-21(28-15)12-17(13-22(26)29)16-6-8-18(31-2)9-7-16/h6-11,14,17,24-25H,12-13H2,1-5H3. The molecule has 2 aromatic rings. The molecule has 0 aromatic heterocycles.